The number of rotatable bonds is 5. The number of aliphatic imine (C=N–C) groups is 2. The lowest BCUT2D eigenvalue weighted by Gasteiger charge is -2.22. The van der Waals surface area contributed by atoms with Crippen LogP contribution in [0.15, 0.2) is 9.98 Å². The number of quaternary nitrogens is 1. The second-order valence-corrected chi connectivity index (χ2v) is 5.47. The van der Waals surface area contributed by atoms with Gasteiger partial charge in [-0.15, -0.1) is 0 Å². The average molecular weight is 241 g/mol. The lowest BCUT2D eigenvalue weighted by atomic mass is 10.3. The second kappa shape index (κ2) is 7.43. The highest BCUT2D eigenvalue weighted by Gasteiger charge is 2.10. The van der Waals surface area contributed by atoms with Gasteiger partial charge in [-0.25, -0.2) is 4.99 Å². The normalized spacial score (nSPS) is 14.1. The van der Waals surface area contributed by atoms with E-state index in [2.05, 4.69) is 38.1 Å². The van der Waals surface area contributed by atoms with E-state index in [-0.39, 0.29) is 0 Å². The summed E-state index contributed by atoms with van der Waals surface area (Å²) in [5, 5.41) is 0. The molecular formula is C13H29N4+. The fourth-order valence-electron chi connectivity index (χ4n) is 1.06. The summed E-state index contributed by atoms with van der Waals surface area (Å²) in [6.07, 6.45) is 2.22. The molecule has 0 fully saturated rings. The number of unbranched alkanes of at least 4 members (excludes halogenated alkanes) is 1. The van der Waals surface area contributed by atoms with Gasteiger partial charge in [0.1, 0.15) is 0 Å². The molecule has 0 unspecified atom stereocenters. The van der Waals surface area contributed by atoms with Crippen molar-refractivity contribution < 1.29 is 4.48 Å². The van der Waals surface area contributed by atoms with Crippen molar-refractivity contribution in [2.75, 3.05) is 48.3 Å². The van der Waals surface area contributed by atoms with Gasteiger partial charge in [0.05, 0.1) is 27.0 Å². The van der Waals surface area contributed by atoms with Crippen LogP contribution < -0.4 is 0 Å². The van der Waals surface area contributed by atoms with Crippen LogP contribution >= 0.6 is 0 Å². The van der Waals surface area contributed by atoms with Crippen molar-refractivity contribution >= 4 is 11.7 Å². The summed E-state index contributed by atoms with van der Waals surface area (Å²) < 4.78 is 0.817. The van der Waals surface area contributed by atoms with Gasteiger partial charge in [0.15, 0.2) is 5.84 Å². The third-order valence-corrected chi connectivity index (χ3v) is 2.87. The minimum Gasteiger partial charge on any atom is -0.367 e. The molecule has 0 rings (SSSR count). The Kier molecular flexibility index (Phi) is 7.04. The zero-order valence-corrected chi connectivity index (χ0v) is 12.6. The number of hydrogen-bond acceptors (Lipinski definition) is 2. The van der Waals surface area contributed by atoms with Gasteiger partial charge in [-0.1, -0.05) is 0 Å². The van der Waals surface area contributed by atoms with Crippen molar-refractivity contribution in [1.29, 1.82) is 0 Å². The van der Waals surface area contributed by atoms with Gasteiger partial charge in [-0.05, 0) is 19.8 Å². The highest BCUT2D eigenvalue weighted by Crippen LogP contribution is 1.97. The third kappa shape index (κ3) is 7.91. The summed E-state index contributed by atoms with van der Waals surface area (Å²) in [6, 6.07) is 0. The first-order chi connectivity index (χ1) is 7.75. The van der Waals surface area contributed by atoms with Gasteiger partial charge in [-0.2, -0.15) is 0 Å². The van der Waals surface area contributed by atoms with Crippen LogP contribution in [0.25, 0.3) is 0 Å². The van der Waals surface area contributed by atoms with Crippen molar-refractivity contribution in [3.8, 4) is 0 Å². The van der Waals surface area contributed by atoms with Crippen LogP contribution in [-0.2, 0) is 0 Å². The standard InChI is InChI=1S/C13H29N4/c1-12(16(3)4)14-10-8-9-11-15-13(2)17(5,6)7/h8-11H2,1-7H3/q+1. The van der Waals surface area contributed by atoms with E-state index in [4.69, 9.17) is 0 Å². The molecule has 4 nitrogen and oxygen atoms in total. The summed E-state index contributed by atoms with van der Waals surface area (Å²) in [5.74, 6) is 2.27. The van der Waals surface area contributed by atoms with Crippen molar-refractivity contribution in [3.63, 3.8) is 0 Å². The van der Waals surface area contributed by atoms with E-state index in [0.29, 0.717) is 0 Å². The van der Waals surface area contributed by atoms with E-state index in [1.54, 1.807) is 0 Å². The lowest BCUT2D eigenvalue weighted by molar-refractivity contribution is -0.777. The van der Waals surface area contributed by atoms with E-state index in [1.165, 1.54) is 5.84 Å². The van der Waals surface area contributed by atoms with Crippen molar-refractivity contribution in [2.24, 2.45) is 9.98 Å². The van der Waals surface area contributed by atoms with Crippen LogP contribution in [0.5, 0.6) is 0 Å². The maximum atomic E-state index is 4.58. The number of hydrogen-bond donors (Lipinski definition) is 0. The third-order valence-electron chi connectivity index (χ3n) is 2.87. The van der Waals surface area contributed by atoms with E-state index in [0.717, 1.165) is 36.2 Å². The van der Waals surface area contributed by atoms with Crippen molar-refractivity contribution in [3.05, 3.63) is 0 Å². The molecule has 0 bridgehead atoms. The van der Waals surface area contributed by atoms with Crippen LogP contribution in [0.3, 0.4) is 0 Å². The Bertz CT molecular complexity index is 272. The summed E-state index contributed by atoms with van der Waals surface area (Å²) >= 11 is 0. The minimum absolute atomic E-state index is 0.817. The van der Waals surface area contributed by atoms with Gasteiger partial charge >= 0.3 is 0 Å². The maximum absolute atomic E-state index is 4.58. The topological polar surface area (TPSA) is 28.0 Å². The first-order valence-corrected chi connectivity index (χ1v) is 6.26. The molecule has 0 spiro atoms. The molecule has 0 atom stereocenters. The van der Waals surface area contributed by atoms with Gasteiger partial charge in [0, 0.05) is 34.1 Å². The van der Waals surface area contributed by atoms with E-state index in [1.807, 2.05) is 25.9 Å². The predicted octanol–water partition coefficient (Wildman–Crippen LogP) is 1.87. The Hall–Kier alpha value is -0.900. The van der Waals surface area contributed by atoms with Crippen LogP contribution in [0.4, 0.5) is 0 Å². The summed E-state index contributed by atoms with van der Waals surface area (Å²) in [4.78, 5) is 11.1. The lowest BCUT2D eigenvalue weighted by Crippen LogP contribution is -2.39. The smallest absolute Gasteiger partial charge is 0.194 e. The molecule has 17 heavy (non-hydrogen) atoms. The van der Waals surface area contributed by atoms with E-state index >= 15 is 0 Å². The molecule has 0 saturated heterocycles. The van der Waals surface area contributed by atoms with Gasteiger partial charge in [0.2, 0.25) is 0 Å². The molecule has 0 aliphatic rings. The molecule has 0 radical (unpaired) electrons. The van der Waals surface area contributed by atoms with Crippen molar-refractivity contribution in [1.82, 2.24) is 4.90 Å². The molecule has 4 heteroatoms. The van der Waals surface area contributed by atoms with Gasteiger partial charge in [0.25, 0.3) is 0 Å². The van der Waals surface area contributed by atoms with E-state index < -0.39 is 0 Å². The summed E-state index contributed by atoms with van der Waals surface area (Å²) in [7, 11) is 10.5. The highest BCUT2D eigenvalue weighted by molar-refractivity contribution is 5.79. The molecule has 0 aliphatic carbocycles. The van der Waals surface area contributed by atoms with Gasteiger partial charge < -0.3 is 4.90 Å². The minimum atomic E-state index is 0.817. The largest absolute Gasteiger partial charge is 0.367 e. The van der Waals surface area contributed by atoms with Gasteiger partial charge in [-0.3, -0.25) is 9.48 Å². The maximum Gasteiger partial charge on any atom is 0.194 e. The molecule has 0 saturated carbocycles. The molecule has 100 valence electrons. The van der Waals surface area contributed by atoms with Crippen LogP contribution in [0.1, 0.15) is 26.7 Å². The first kappa shape index (κ1) is 16.1. The average Bonchev–Trinajstić information content (AvgIpc) is 2.20. The number of amidine groups is 2. The van der Waals surface area contributed by atoms with Crippen molar-refractivity contribution in [2.45, 2.75) is 26.7 Å². The Morgan fingerprint density at radius 1 is 0.941 bits per heavy atom. The molecule has 0 aliphatic heterocycles. The molecule has 0 N–H and O–H groups in total. The monoisotopic (exact) mass is 241 g/mol. The van der Waals surface area contributed by atoms with E-state index in [9.17, 15) is 0 Å². The Labute approximate surface area is 107 Å². The van der Waals surface area contributed by atoms with Crippen LogP contribution in [0, 0.1) is 0 Å². The Balaban J connectivity index is 3.78. The Morgan fingerprint density at radius 2 is 1.41 bits per heavy atom. The molecule has 0 heterocycles. The quantitative estimate of drug-likeness (QED) is 0.312. The molecule has 0 amide bonds. The summed E-state index contributed by atoms with van der Waals surface area (Å²) in [6.45, 7) is 5.95. The summed E-state index contributed by atoms with van der Waals surface area (Å²) in [5.41, 5.74) is 0. The van der Waals surface area contributed by atoms with Crippen LogP contribution in [-0.4, -0.2) is 69.4 Å². The molecular weight excluding hydrogens is 212 g/mol. The first-order valence-electron chi connectivity index (χ1n) is 6.26. The predicted molar refractivity (Wildman–Crippen MR) is 76.9 cm³/mol. The van der Waals surface area contributed by atoms with Crippen LogP contribution in [0.2, 0.25) is 0 Å². The highest BCUT2D eigenvalue weighted by atomic mass is 15.3. The fourth-order valence-corrected chi connectivity index (χ4v) is 1.06. The SMILES string of the molecule is CC(=NCCCCN=C(C)[N+](C)(C)C)N(C)C. The number of nitrogens with zero attached hydrogens (tertiary/aromatic N) is 4. The molecule has 0 aromatic carbocycles. The molecule has 0 aromatic heterocycles. The zero-order chi connectivity index (χ0) is 13.5. The fraction of sp³-hybridized carbons (Fsp3) is 0.846. The zero-order valence-electron chi connectivity index (χ0n) is 12.6. The molecule has 0 aromatic rings. The second-order valence-electron chi connectivity index (χ2n) is 5.47. The Morgan fingerprint density at radius 3 is 1.82 bits per heavy atom.